The standard InChI is InChI=1S/C11H8F4N4/c12-6-2-1-3-7(9(6)10(16)17)19-5-4-8(18-19)11(13,14)15/h1-5H,(H3,16,17). The van der Waals surface area contributed by atoms with Gasteiger partial charge in [-0.2, -0.15) is 18.3 Å². The van der Waals surface area contributed by atoms with Gasteiger partial charge in [0.05, 0.1) is 11.3 Å². The lowest BCUT2D eigenvalue weighted by atomic mass is 10.1. The number of hydrogen-bond acceptors (Lipinski definition) is 2. The molecule has 8 heteroatoms. The largest absolute Gasteiger partial charge is 0.435 e. The summed E-state index contributed by atoms with van der Waals surface area (Å²) < 4.78 is 51.7. The van der Waals surface area contributed by atoms with Crippen LogP contribution in [0, 0.1) is 11.2 Å². The van der Waals surface area contributed by atoms with Crippen LogP contribution in [-0.4, -0.2) is 15.6 Å². The van der Waals surface area contributed by atoms with E-state index >= 15 is 0 Å². The molecule has 1 aromatic carbocycles. The smallest absolute Gasteiger partial charge is 0.384 e. The summed E-state index contributed by atoms with van der Waals surface area (Å²) in [5, 5.41) is 10.6. The molecule has 19 heavy (non-hydrogen) atoms. The van der Waals surface area contributed by atoms with Crippen LogP contribution in [0.25, 0.3) is 5.69 Å². The lowest BCUT2D eigenvalue weighted by Crippen LogP contribution is -2.17. The highest BCUT2D eigenvalue weighted by Crippen LogP contribution is 2.28. The third kappa shape index (κ3) is 2.42. The van der Waals surface area contributed by atoms with E-state index in [0.717, 1.165) is 23.0 Å². The van der Waals surface area contributed by atoms with Gasteiger partial charge in [-0.3, -0.25) is 5.41 Å². The molecule has 0 bridgehead atoms. The van der Waals surface area contributed by atoms with Crippen molar-refractivity contribution >= 4 is 5.84 Å². The number of rotatable bonds is 2. The van der Waals surface area contributed by atoms with Crippen molar-refractivity contribution in [3.63, 3.8) is 0 Å². The fourth-order valence-corrected chi connectivity index (χ4v) is 1.58. The number of nitrogens with two attached hydrogens (primary N) is 1. The van der Waals surface area contributed by atoms with Crippen LogP contribution in [0.1, 0.15) is 11.3 Å². The van der Waals surface area contributed by atoms with E-state index in [1.54, 1.807) is 0 Å². The van der Waals surface area contributed by atoms with Crippen LogP contribution in [0.5, 0.6) is 0 Å². The van der Waals surface area contributed by atoms with Crippen molar-refractivity contribution in [2.75, 3.05) is 0 Å². The lowest BCUT2D eigenvalue weighted by molar-refractivity contribution is -0.141. The van der Waals surface area contributed by atoms with E-state index < -0.39 is 23.5 Å². The first kappa shape index (κ1) is 13.1. The molecule has 0 aliphatic heterocycles. The molecule has 0 radical (unpaired) electrons. The molecule has 0 aliphatic rings. The Bertz CT molecular complexity index is 630. The highest BCUT2D eigenvalue weighted by Gasteiger charge is 2.33. The maximum Gasteiger partial charge on any atom is 0.435 e. The van der Waals surface area contributed by atoms with Gasteiger partial charge in [0.1, 0.15) is 11.7 Å². The van der Waals surface area contributed by atoms with E-state index in [1.165, 1.54) is 12.1 Å². The number of halogens is 4. The van der Waals surface area contributed by atoms with Crippen LogP contribution in [0.4, 0.5) is 17.6 Å². The first-order valence-electron chi connectivity index (χ1n) is 5.07. The van der Waals surface area contributed by atoms with Gasteiger partial charge in [0.15, 0.2) is 5.69 Å². The minimum absolute atomic E-state index is 0.0250. The molecule has 0 unspecified atom stereocenters. The summed E-state index contributed by atoms with van der Waals surface area (Å²) in [7, 11) is 0. The van der Waals surface area contributed by atoms with E-state index in [4.69, 9.17) is 11.1 Å². The Morgan fingerprint density at radius 2 is 1.95 bits per heavy atom. The maximum absolute atomic E-state index is 13.5. The van der Waals surface area contributed by atoms with Crippen molar-refractivity contribution in [3.8, 4) is 5.69 Å². The summed E-state index contributed by atoms with van der Waals surface area (Å²) in [6.07, 6.45) is -3.56. The quantitative estimate of drug-likeness (QED) is 0.500. The minimum atomic E-state index is -4.59. The van der Waals surface area contributed by atoms with Crippen LogP contribution in [0.15, 0.2) is 30.5 Å². The monoisotopic (exact) mass is 272 g/mol. The molecule has 100 valence electrons. The average molecular weight is 272 g/mol. The molecule has 3 N–H and O–H groups in total. The van der Waals surface area contributed by atoms with Crippen molar-refractivity contribution in [1.82, 2.24) is 9.78 Å². The number of nitrogen functional groups attached to an aromatic ring is 1. The number of aromatic nitrogens is 2. The number of benzene rings is 1. The molecule has 0 saturated heterocycles. The number of nitrogens with zero attached hydrogens (tertiary/aromatic N) is 2. The second kappa shape index (κ2) is 4.38. The second-order valence-electron chi connectivity index (χ2n) is 3.69. The third-order valence-corrected chi connectivity index (χ3v) is 2.39. The first-order chi connectivity index (χ1) is 8.80. The molecule has 0 saturated carbocycles. The summed E-state index contributed by atoms with van der Waals surface area (Å²) in [4.78, 5) is 0. The van der Waals surface area contributed by atoms with Gasteiger partial charge >= 0.3 is 6.18 Å². The third-order valence-electron chi connectivity index (χ3n) is 2.39. The lowest BCUT2D eigenvalue weighted by Gasteiger charge is -2.09. The Labute approximate surface area is 105 Å². The van der Waals surface area contributed by atoms with Gasteiger partial charge in [-0.1, -0.05) is 6.07 Å². The molecule has 2 aromatic rings. The van der Waals surface area contributed by atoms with Gasteiger partial charge in [0.2, 0.25) is 0 Å². The van der Waals surface area contributed by atoms with E-state index in [2.05, 4.69) is 5.10 Å². The molecule has 1 heterocycles. The van der Waals surface area contributed by atoms with Crippen LogP contribution in [-0.2, 0) is 6.18 Å². The minimum Gasteiger partial charge on any atom is -0.384 e. The molecule has 2 rings (SSSR count). The summed E-state index contributed by atoms with van der Waals surface area (Å²) in [5.74, 6) is -1.38. The molecular weight excluding hydrogens is 264 g/mol. The molecule has 4 nitrogen and oxygen atoms in total. The fourth-order valence-electron chi connectivity index (χ4n) is 1.58. The topological polar surface area (TPSA) is 67.7 Å². The van der Waals surface area contributed by atoms with E-state index in [-0.39, 0.29) is 11.3 Å². The predicted molar refractivity (Wildman–Crippen MR) is 59.5 cm³/mol. The van der Waals surface area contributed by atoms with Crippen LogP contribution in [0.2, 0.25) is 0 Å². The second-order valence-corrected chi connectivity index (χ2v) is 3.69. The van der Waals surface area contributed by atoms with Gasteiger partial charge in [0.25, 0.3) is 0 Å². The predicted octanol–water partition coefficient (Wildman–Crippen LogP) is 2.31. The van der Waals surface area contributed by atoms with Crippen molar-refractivity contribution in [2.45, 2.75) is 6.18 Å². The zero-order chi connectivity index (χ0) is 14.2. The van der Waals surface area contributed by atoms with Crippen molar-refractivity contribution in [2.24, 2.45) is 5.73 Å². The van der Waals surface area contributed by atoms with Crippen molar-refractivity contribution < 1.29 is 17.6 Å². The Kier molecular flexibility index (Phi) is 3.01. The molecule has 0 amide bonds. The van der Waals surface area contributed by atoms with E-state index in [9.17, 15) is 17.6 Å². The SMILES string of the molecule is N=C(N)c1c(F)cccc1-n1ccc(C(F)(F)F)n1. The van der Waals surface area contributed by atoms with E-state index in [1.807, 2.05) is 0 Å². The van der Waals surface area contributed by atoms with Crippen molar-refractivity contribution in [1.29, 1.82) is 5.41 Å². The van der Waals surface area contributed by atoms with Gasteiger partial charge in [-0.05, 0) is 18.2 Å². The summed E-state index contributed by atoms with van der Waals surface area (Å²) >= 11 is 0. The van der Waals surface area contributed by atoms with Crippen molar-refractivity contribution in [3.05, 3.63) is 47.5 Å². The summed E-state index contributed by atoms with van der Waals surface area (Å²) in [6, 6.07) is 4.45. The molecule has 1 aromatic heterocycles. The Morgan fingerprint density at radius 3 is 2.47 bits per heavy atom. The van der Waals surface area contributed by atoms with Crippen LogP contribution < -0.4 is 5.73 Å². The van der Waals surface area contributed by atoms with Crippen LogP contribution >= 0.6 is 0 Å². The number of nitrogens with one attached hydrogen (secondary N) is 1. The molecular formula is C11H8F4N4. The Morgan fingerprint density at radius 1 is 1.26 bits per heavy atom. The van der Waals surface area contributed by atoms with Gasteiger partial charge in [-0.15, -0.1) is 0 Å². The van der Waals surface area contributed by atoms with Gasteiger partial charge in [0, 0.05) is 6.20 Å². The fraction of sp³-hybridized carbons (Fsp3) is 0.0909. The Balaban J connectivity index is 2.57. The molecule has 0 atom stereocenters. The zero-order valence-corrected chi connectivity index (χ0v) is 9.37. The highest BCUT2D eigenvalue weighted by molar-refractivity contribution is 5.98. The van der Waals surface area contributed by atoms with E-state index in [0.29, 0.717) is 0 Å². The zero-order valence-electron chi connectivity index (χ0n) is 9.37. The molecule has 0 spiro atoms. The van der Waals surface area contributed by atoms with Crippen LogP contribution in [0.3, 0.4) is 0 Å². The summed E-state index contributed by atoms with van der Waals surface area (Å²) in [6.45, 7) is 0. The number of amidine groups is 1. The van der Waals surface area contributed by atoms with Gasteiger partial charge in [-0.25, -0.2) is 9.07 Å². The normalized spacial score (nSPS) is 11.6. The van der Waals surface area contributed by atoms with Gasteiger partial charge < -0.3 is 5.73 Å². The molecule has 0 fully saturated rings. The number of hydrogen-bond donors (Lipinski definition) is 2. The summed E-state index contributed by atoms with van der Waals surface area (Å²) in [5.41, 5.74) is 3.80. The number of alkyl halides is 3. The average Bonchev–Trinajstić information content (AvgIpc) is 2.76. The Hall–Kier alpha value is -2.38. The maximum atomic E-state index is 13.5. The first-order valence-corrected chi connectivity index (χ1v) is 5.07. The highest BCUT2D eigenvalue weighted by atomic mass is 19.4. The molecule has 0 aliphatic carbocycles.